The van der Waals surface area contributed by atoms with Gasteiger partial charge >= 0.3 is 0 Å². The van der Waals surface area contributed by atoms with Crippen LogP contribution in [0.2, 0.25) is 5.02 Å². The average molecular weight is 366 g/mol. The lowest BCUT2D eigenvalue weighted by Gasteiger charge is -2.30. The molecular formula is C18H24ClN3OS. The van der Waals surface area contributed by atoms with Gasteiger partial charge in [-0.05, 0) is 64.5 Å². The van der Waals surface area contributed by atoms with E-state index in [0.717, 1.165) is 64.7 Å². The van der Waals surface area contributed by atoms with Gasteiger partial charge in [0.25, 0.3) is 0 Å². The number of hydrogen-bond donors (Lipinski definition) is 0. The topological polar surface area (TPSA) is 36.4 Å². The van der Waals surface area contributed by atoms with E-state index >= 15 is 0 Å². The van der Waals surface area contributed by atoms with Crippen molar-refractivity contribution in [3.63, 3.8) is 0 Å². The van der Waals surface area contributed by atoms with Gasteiger partial charge in [0, 0.05) is 17.5 Å². The predicted molar refractivity (Wildman–Crippen MR) is 102 cm³/mol. The lowest BCUT2D eigenvalue weighted by molar-refractivity contribution is -0.124. The van der Waals surface area contributed by atoms with Gasteiger partial charge in [0.2, 0.25) is 5.91 Å². The van der Waals surface area contributed by atoms with Crippen LogP contribution in [0.4, 0.5) is 5.13 Å². The van der Waals surface area contributed by atoms with E-state index in [0.29, 0.717) is 0 Å². The quantitative estimate of drug-likeness (QED) is 0.763. The van der Waals surface area contributed by atoms with Gasteiger partial charge in [-0.3, -0.25) is 9.69 Å². The van der Waals surface area contributed by atoms with Crippen molar-refractivity contribution in [1.29, 1.82) is 0 Å². The molecule has 6 heteroatoms. The van der Waals surface area contributed by atoms with Crippen molar-refractivity contribution < 1.29 is 4.79 Å². The van der Waals surface area contributed by atoms with E-state index in [1.165, 1.54) is 0 Å². The lowest BCUT2D eigenvalue weighted by Crippen LogP contribution is -2.40. The third-order valence-electron chi connectivity index (χ3n) is 4.67. The summed E-state index contributed by atoms with van der Waals surface area (Å²) in [5.41, 5.74) is 1.91. The molecule has 1 aromatic carbocycles. The van der Waals surface area contributed by atoms with Crippen molar-refractivity contribution >= 4 is 44.2 Å². The third-order valence-corrected chi connectivity index (χ3v) is 6.13. The number of carbonyl (C=O) groups is 1. The highest BCUT2D eigenvalue weighted by atomic mass is 35.5. The van der Waals surface area contributed by atoms with Crippen LogP contribution in [0.15, 0.2) is 12.1 Å². The van der Waals surface area contributed by atoms with Gasteiger partial charge in [0.15, 0.2) is 5.13 Å². The number of hydrogen-bond acceptors (Lipinski definition) is 4. The number of thiazole rings is 1. The molecule has 1 fully saturated rings. The summed E-state index contributed by atoms with van der Waals surface area (Å²) in [5, 5.41) is 1.54. The fourth-order valence-corrected chi connectivity index (χ4v) is 4.13. The van der Waals surface area contributed by atoms with Crippen LogP contribution in [0.25, 0.3) is 10.2 Å². The maximum absolute atomic E-state index is 12.9. The van der Waals surface area contributed by atoms with Gasteiger partial charge < -0.3 is 4.90 Å². The number of amides is 1. The van der Waals surface area contributed by atoms with E-state index in [1.54, 1.807) is 11.3 Å². The monoisotopic (exact) mass is 365 g/mol. The second-order valence-corrected chi connectivity index (χ2v) is 8.21. The van der Waals surface area contributed by atoms with Crippen LogP contribution in [-0.2, 0) is 4.79 Å². The zero-order valence-corrected chi connectivity index (χ0v) is 16.1. The number of rotatable bonds is 6. The number of aromatic nitrogens is 1. The van der Waals surface area contributed by atoms with Gasteiger partial charge in [0.05, 0.1) is 10.2 Å². The van der Waals surface area contributed by atoms with E-state index < -0.39 is 0 Å². The molecule has 0 N–H and O–H groups in total. The summed E-state index contributed by atoms with van der Waals surface area (Å²) in [5.74, 6) is 0.420. The first-order valence-corrected chi connectivity index (χ1v) is 9.68. The molecule has 0 atom stereocenters. The molecular weight excluding hydrogens is 342 g/mol. The van der Waals surface area contributed by atoms with Crippen LogP contribution in [0.3, 0.4) is 0 Å². The predicted octanol–water partition coefficient (Wildman–Crippen LogP) is 4.34. The second-order valence-electron chi connectivity index (χ2n) is 6.79. The molecule has 1 aliphatic carbocycles. The largest absolute Gasteiger partial charge is 0.309 e. The minimum atomic E-state index is 0.182. The summed E-state index contributed by atoms with van der Waals surface area (Å²) in [6, 6.07) is 3.91. The van der Waals surface area contributed by atoms with Gasteiger partial charge in [-0.25, -0.2) is 4.98 Å². The number of halogens is 1. The Hall–Kier alpha value is -1.17. The molecule has 0 spiro atoms. The van der Waals surface area contributed by atoms with E-state index in [1.807, 2.05) is 24.0 Å². The number of carbonyl (C=O) groups excluding carboxylic acids is 1. The number of anilines is 1. The molecule has 0 unspecified atom stereocenters. The number of aryl methyl sites for hydroxylation is 1. The minimum absolute atomic E-state index is 0.182. The van der Waals surface area contributed by atoms with E-state index in [4.69, 9.17) is 16.6 Å². The fourth-order valence-electron chi connectivity index (χ4n) is 2.93. The molecule has 3 rings (SSSR count). The van der Waals surface area contributed by atoms with E-state index in [-0.39, 0.29) is 11.8 Å². The van der Waals surface area contributed by atoms with Crippen LogP contribution in [-0.4, -0.2) is 43.0 Å². The maximum atomic E-state index is 12.9. The lowest BCUT2D eigenvalue weighted by atomic mass is 9.84. The summed E-state index contributed by atoms with van der Waals surface area (Å²) >= 11 is 7.81. The Morgan fingerprint density at radius 1 is 1.33 bits per heavy atom. The van der Waals surface area contributed by atoms with E-state index in [2.05, 4.69) is 19.0 Å². The third kappa shape index (κ3) is 3.58. The molecule has 130 valence electrons. The zero-order chi connectivity index (χ0) is 17.3. The molecule has 0 radical (unpaired) electrons. The Balaban J connectivity index is 1.88. The molecule has 1 aliphatic rings. The first kappa shape index (κ1) is 17.6. The summed E-state index contributed by atoms with van der Waals surface area (Å²) < 4.78 is 1.09. The van der Waals surface area contributed by atoms with Gasteiger partial charge in [-0.2, -0.15) is 0 Å². The van der Waals surface area contributed by atoms with Gasteiger partial charge in [-0.1, -0.05) is 29.4 Å². The molecule has 0 aliphatic heterocycles. The average Bonchev–Trinajstić information content (AvgIpc) is 2.90. The van der Waals surface area contributed by atoms with Crippen LogP contribution in [0.1, 0.15) is 31.2 Å². The van der Waals surface area contributed by atoms with Gasteiger partial charge in [0.1, 0.15) is 0 Å². The highest BCUT2D eigenvalue weighted by molar-refractivity contribution is 7.22. The van der Waals surface area contributed by atoms with Gasteiger partial charge in [-0.15, -0.1) is 0 Å². The minimum Gasteiger partial charge on any atom is -0.309 e. The Labute approximate surface area is 152 Å². The molecule has 0 saturated heterocycles. The Bertz CT molecular complexity index is 739. The Morgan fingerprint density at radius 2 is 2.08 bits per heavy atom. The standard InChI is InChI=1S/C18H24ClN3OS/c1-12-14(19)8-9-15-16(12)20-18(24-15)22(11-5-10-21(2)3)17(23)13-6-4-7-13/h8-9,13H,4-7,10-11H2,1-3H3. The van der Waals surface area contributed by atoms with Crippen molar-refractivity contribution in [3.8, 4) is 0 Å². The SMILES string of the molecule is Cc1c(Cl)ccc2sc(N(CCCN(C)C)C(=O)C3CCC3)nc12. The summed E-state index contributed by atoms with van der Waals surface area (Å²) in [4.78, 5) is 21.7. The smallest absolute Gasteiger partial charge is 0.231 e. The van der Waals surface area contributed by atoms with Crippen LogP contribution >= 0.6 is 22.9 Å². The Morgan fingerprint density at radius 3 is 2.71 bits per heavy atom. The molecule has 4 nitrogen and oxygen atoms in total. The van der Waals surface area contributed by atoms with Crippen LogP contribution in [0, 0.1) is 12.8 Å². The summed E-state index contributed by atoms with van der Waals surface area (Å²) in [7, 11) is 4.11. The zero-order valence-electron chi connectivity index (χ0n) is 14.5. The summed E-state index contributed by atoms with van der Waals surface area (Å²) in [6.45, 7) is 3.67. The van der Waals surface area contributed by atoms with Crippen molar-refractivity contribution in [1.82, 2.24) is 9.88 Å². The molecule has 0 bridgehead atoms. The van der Waals surface area contributed by atoms with Crippen molar-refractivity contribution in [2.75, 3.05) is 32.1 Å². The Kier molecular flexibility index (Phi) is 5.42. The summed E-state index contributed by atoms with van der Waals surface area (Å²) in [6.07, 6.45) is 4.13. The van der Waals surface area contributed by atoms with E-state index in [9.17, 15) is 4.79 Å². The van der Waals surface area contributed by atoms with Crippen LogP contribution < -0.4 is 4.90 Å². The van der Waals surface area contributed by atoms with Crippen molar-refractivity contribution in [2.24, 2.45) is 5.92 Å². The molecule has 1 amide bonds. The maximum Gasteiger partial charge on any atom is 0.231 e. The second kappa shape index (κ2) is 7.38. The normalized spacial score (nSPS) is 15.0. The first-order chi connectivity index (χ1) is 11.5. The molecule has 2 aromatic rings. The number of fused-ring (bicyclic) bond motifs is 1. The first-order valence-electron chi connectivity index (χ1n) is 8.49. The molecule has 24 heavy (non-hydrogen) atoms. The van der Waals surface area contributed by atoms with Crippen molar-refractivity contribution in [3.05, 3.63) is 22.7 Å². The van der Waals surface area contributed by atoms with Crippen LogP contribution in [0.5, 0.6) is 0 Å². The molecule has 1 aromatic heterocycles. The van der Waals surface area contributed by atoms with Crippen molar-refractivity contribution in [2.45, 2.75) is 32.6 Å². The number of nitrogens with zero attached hydrogens (tertiary/aromatic N) is 3. The molecule has 1 heterocycles. The highest BCUT2D eigenvalue weighted by Gasteiger charge is 2.31. The highest BCUT2D eigenvalue weighted by Crippen LogP contribution is 2.36. The number of benzene rings is 1. The molecule has 1 saturated carbocycles. The fraction of sp³-hybridized carbons (Fsp3) is 0.556.